The van der Waals surface area contributed by atoms with E-state index in [1.807, 2.05) is 5.32 Å². The number of aliphatic imine (C=N–C) groups is 1. The van der Waals surface area contributed by atoms with Gasteiger partial charge in [-0.3, -0.25) is 24.2 Å². The molecule has 0 saturated carbocycles. The first kappa shape index (κ1) is 33.6. The molecule has 3 amide bonds. The van der Waals surface area contributed by atoms with Crippen LogP contribution in [-0.4, -0.2) is 71.0 Å². The quantitative estimate of drug-likeness (QED) is 0.0592. The lowest BCUT2D eigenvalue weighted by molar-refractivity contribution is -0.147. The van der Waals surface area contributed by atoms with Gasteiger partial charge in [0.15, 0.2) is 5.96 Å². The van der Waals surface area contributed by atoms with Crippen molar-refractivity contribution in [1.82, 2.24) is 16.0 Å². The summed E-state index contributed by atoms with van der Waals surface area (Å²) in [6.07, 6.45) is 10.0. The second kappa shape index (κ2) is 20.8. The van der Waals surface area contributed by atoms with E-state index in [0.29, 0.717) is 12.8 Å². The lowest BCUT2D eigenvalue weighted by Crippen LogP contribution is -2.51. The molecular weight excluding hydrogens is 484 g/mol. The summed E-state index contributed by atoms with van der Waals surface area (Å²) in [7, 11) is 0. The zero-order valence-corrected chi connectivity index (χ0v) is 21.8. The third kappa shape index (κ3) is 19.5. The molecule has 0 heterocycles. The molecule has 0 aliphatic carbocycles. The second-order valence-electron chi connectivity index (χ2n) is 8.92. The first-order chi connectivity index (χ1) is 17.6. The molecule has 2 atom stereocenters. The SMILES string of the molecule is CCCCCCCCCCCC(=O)N[C@@H](CCCN=C(N)N)C(=O)NCC(=O)N[C@@H](CC(=O)O)C(=O)O. The zero-order chi connectivity index (χ0) is 28.1. The van der Waals surface area contributed by atoms with Crippen LogP contribution in [0.1, 0.15) is 90.4 Å². The van der Waals surface area contributed by atoms with Gasteiger partial charge in [0.2, 0.25) is 17.7 Å². The van der Waals surface area contributed by atoms with Gasteiger partial charge in [0, 0.05) is 13.0 Å². The highest BCUT2D eigenvalue weighted by atomic mass is 16.4. The lowest BCUT2D eigenvalue weighted by atomic mass is 10.1. The lowest BCUT2D eigenvalue weighted by Gasteiger charge is -2.19. The molecule has 0 spiro atoms. The van der Waals surface area contributed by atoms with E-state index in [4.69, 9.17) is 21.7 Å². The fourth-order valence-corrected chi connectivity index (χ4v) is 3.55. The van der Waals surface area contributed by atoms with Crippen molar-refractivity contribution < 1.29 is 34.2 Å². The highest BCUT2D eigenvalue weighted by molar-refractivity contribution is 5.92. The van der Waals surface area contributed by atoms with Crippen molar-refractivity contribution in [1.29, 1.82) is 0 Å². The standard InChI is InChI=1S/C24H44N6O7/c1-2-3-4-5-6-7-8-9-10-13-19(31)29-17(12-11-14-27-24(25)26)22(35)28-16-20(32)30-18(23(36)37)15-21(33)34/h17-18H,2-16H2,1H3,(H,28,35)(H,29,31)(H,30,32)(H,33,34)(H,36,37)(H4,25,26,27)/t17-,18-/m0/s1. The summed E-state index contributed by atoms with van der Waals surface area (Å²) >= 11 is 0. The molecular formula is C24H44N6O7. The van der Waals surface area contributed by atoms with E-state index in [9.17, 15) is 24.0 Å². The number of aliphatic carboxylic acids is 2. The molecule has 0 bridgehead atoms. The molecule has 13 nitrogen and oxygen atoms in total. The number of carbonyl (C=O) groups is 5. The minimum Gasteiger partial charge on any atom is -0.481 e. The summed E-state index contributed by atoms with van der Waals surface area (Å²) < 4.78 is 0. The molecule has 0 aromatic carbocycles. The van der Waals surface area contributed by atoms with E-state index in [-0.39, 0.29) is 31.3 Å². The van der Waals surface area contributed by atoms with Crippen LogP contribution in [0.3, 0.4) is 0 Å². The topological polar surface area (TPSA) is 226 Å². The predicted octanol–water partition coefficient (Wildman–Crippen LogP) is 0.606. The third-order valence-corrected chi connectivity index (χ3v) is 5.54. The van der Waals surface area contributed by atoms with Crippen molar-refractivity contribution in [3.05, 3.63) is 0 Å². The summed E-state index contributed by atoms with van der Waals surface area (Å²) in [5.74, 6) is -4.80. The molecule has 0 aromatic heterocycles. The molecule has 0 aliphatic rings. The molecule has 9 N–H and O–H groups in total. The molecule has 0 fully saturated rings. The van der Waals surface area contributed by atoms with Gasteiger partial charge in [0.25, 0.3) is 0 Å². The Morgan fingerprint density at radius 3 is 1.89 bits per heavy atom. The van der Waals surface area contributed by atoms with Crippen LogP contribution in [0.15, 0.2) is 4.99 Å². The van der Waals surface area contributed by atoms with Gasteiger partial charge in [-0.05, 0) is 19.3 Å². The summed E-state index contributed by atoms with van der Waals surface area (Å²) in [6, 6.07) is -2.57. The molecule has 0 saturated heterocycles. The zero-order valence-electron chi connectivity index (χ0n) is 21.8. The maximum atomic E-state index is 12.6. The predicted molar refractivity (Wildman–Crippen MR) is 139 cm³/mol. The van der Waals surface area contributed by atoms with Crippen LogP contribution in [0, 0.1) is 0 Å². The van der Waals surface area contributed by atoms with E-state index in [1.54, 1.807) is 0 Å². The largest absolute Gasteiger partial charge is 0.481 e. The van der Waals surface area contributed by atoms with Crippen molar-refractivity contribution in [2.75, 3.05) is 13.1 Å². The summed E-state index contributed by atoms with van der Waals surface area (Å²) in [4.78, 5) is 62.7. The van der Waals surface area contributed by atoms with Crippen molar-refractivity contribution in [3.8, 4) is 0 Å². The average Bonchev–Trinajstić information content (AvgIpc) is 2.82. The number of hydrogen-bond acceptors (Lipinski definition) is 6. The summed E-state index contributed by atoms with van der Waals surface area (Å²) in [5, 5.41) is 24.8. The Morgan fingerprint density at radius 2 is 1.35 bits per heavy atom. The number of guanidine groups is 1. The van der Waals surface area contributed by atoms with E-state index in [0.717, 1.165) is 19.3 Å². The van der Waals surface area contributed by atoms with Crippen LogP contribution in [0.5, 0.6) is 0 Å². The third-order valence-electron chi connectivity index (χ3n) is 5.54. The minimum absolute atomic E-state index is 0.0959. The van der Waals surface area contributed by atoms with Crippen molar-refractivity contribution in [2.45, 2.75) is 102 Å². The van der Waals surface area contributed by atoms with Gasteiger partial charge in [-0.25, -0.2) is 4.79 Å². The van der Waals surface area contributed by atoms with Gasteiger partial charge in [0.05, 0.1) is 13.0 Å². The second-order valence-corrected chi connectivity index (χ2v) is 8.92. The number of amides is 3. The number of unbranched alkanes of at least 4 members (excludes halogenated alkanes) is 8. The fourth-order valence-electron chi connectivity index (χ4n) is 3.55. The number of nitrogens with zero attached hydrogens (tertiary/aromatic N) is 1. The van der Waals surface area contributed by atoms with Crippen LogP contribution in [0.4, 0.5) is 0 Å². The van der Waals surface area contributed by atoms with E-state index in [2.05, 4.69) is 22.5 Å². The molecule has 212 valence electrons. The first-order valence-electron chi connectivity index (χ1n) is 12.9. The van der Waals surface area contributed by atoms with Gasteiger partial charge in [-0.15, -0.1) is 0 Å². The van der Waals surface area contributed by atoms with E-state index >= 15 is 0 Å². The molecule has 37 heavy (non-hydrogen) atoms. The maximum Gasteiger partial charge on any atom is 0.326 e. The fraction of sp³-hybridized carbons (Fsp3) is 0.750. The van der Waals surface area contributed by atoms with Gasteiger partial charge in [-0.2, -0.15) is 0 Å². The summed E-state index contributed by atoms with van der Waals surface area (Å²) in [6.45, 7) is 1.85. The molecule has 0 unspecified atom stereocenters. The Bertz CT molecular complexity index is 756. The number of carboxylic acid groups (broad SMARTS) is 2. The van der Waals surface area contributed by atoms with Crippen LogP contribution < -0.4 is 27.4 Å². The average molecular weight is 529 g/mol. The number of carbonyl (C=O) groups excluding carboxylic acids is 3. The Labute approximate surface area is 218 Å². The summed E-state index contributed by atoms with van der Waals surface area (Å²) in [5.41, 5.74) is 10.6. The maximum absolute atomic E-state index is 12.6. The van der Waals surface area contributed by atoms with Crippen LogP contribution in [0.25, 0.3) is 0 Å². The molecule has 0 rings (SSSR count). The minimum atomic E-state index is -1.63. The van der Waals surface area contributed by atoms with Crippen molar-refractivity contribution in [2.24, 2.45) is 16.5 Å². The van der Waals surface area contributed by atoms with Crippen molar-refractivity contribution in [3.63, 3.8) is 0 Å². The van der Waals surface area contributed by atoms with Crippen LogP contribution in [-0.2, 0) is 24.0 Å². The highest BCUT2D eigenvalue weighted by Crippen LogP contribution is 2.10. The van der Waals surface area contributed by atoms with Gasteiger partial charge in [-0.1, -0.05) is 58.3 Å². The van der Waals surface area contributed by atoms with E-state index < -0.39 is 48.8 Å². The smallest absolute Gasteiger partial charge is 0.326 e. The van der Waals surface area contributed by atoms with Crippen LogP contribution >= 0.6 is 0 Å². The molecule has 0 aromatic rings. The van der Waals surface area contributed by atoms with Gasteiger partial charge in [0.1, 0.15) is 12.1 Å². The highest BCUT2D eigenvalue weighted by Gasteiger charge is 2.24. The monoisotopic (exact) mass is 528 g/mol. The Balaban J connectivity index is 4.65. The van der Waals surface area contributed by atoms with Gasteiger partial charge < -0.3 is 37.6 Å². The van der Waals surface area contributed by atoms with Crippen LogP contribution in [0.2, 0.25) is 0 Å². The molecule has 0 aliphatic heterocycles. The van der Waals surface area contributed by atoms with Gasteiger partial charge >= 0.3 is 11.9 Å². The Kier molecular flexibility index (Phi) is 18.9. The van der Waals surface area contributed by atoms with E-state index in [1.165, 1.54) is 32.1 Å². The molecule has 13 heteroatoms. The Morgan fingerprint density at radius 1 is 0.784 bits per heavy atom. The molecule has 0 radical (unpaired) electrons. The number of carboxylic acids is 2. The number of nitrogens with two attached hydrogens (primary N) is 2. The number of nitrogens with one attached hydrogen (secondary N) is 3. The first-order valence-corrected chi connectivity index (χ1v) is 12.9. The van der Waals surface area contributed by atoms with Crippen molar-refractivity contribution >= 4 is 35.6 Å². The number of hydrogen-bond donors (Lipinski definition) is 7. The Hall–Kier alpha value is -3.38. The normalized spacial score (nSPS) is 12.1. The number of rotatable bonds is 22.